The van der Waals surface area contributed by atoms with Crippen LogP contribution in [0.15, 0.2) is 11.9 Å². The van der Waals surface area contributed by atoms with E-state index in [1.165, 1.54) is 6.26 Å². The molecule has 0 fully saturated rings. The Morgan fingerprint density at radius 2 is 1.90 bits per heavy atom. The molecule has 0 spiro atoms. The van der Waals surface area contributed by atoms with E-state index in [0.717, 1.165) is 0 Å². The van der Waals surface area contributed by atoms with Crippen molar-refractivity contribution in [3.63, 3.8) is 0 Å². The van der Waals surface area contributed by atoms with Crippen molar-refractivity contribution in [3.05, 3.63) is 11.9 Å². The molecule has 0 rings (SSSR count). The molecule has 0 N–H and O–H groups in total. The smallest absolute Gasteiger partial charge is 0.260 e. The third-order valence-corrected chi connectivity index (χ3v) is 1.59. The molecular formula is C5H7F3OS. The minimum absolute atomic E-state index is 0.0524. The summed E-state index contributed by atoms with van der Waals surface area (Å²) in [5.74, 6) is -1.52. The van der Waals surface area contributed by atoms with Crippen LogP contribution in [-0.4, -0.2) is 16.2 Å². The van der Waals surface area contributed by atoms with Gasteiger partial charge in [0, 0.05) is 29.2 Å². The van der Waals surface area contributed by atoms with Crippen molar-refractivity contribution in [1.29, 1.82) is 0 Å². The maximum absolute atomic E-state index is 11.9. The van der Waals surface area contributed by atoms with Crippen LogP contribution < -0.4 is 0 Å². The highest BCUT2D eigenvalue weighted by Crippen LogP contribution is 2.12. The van der Waals surface area contributed by atoms with Crippen LogP contribution in [-0.2, 0) is 10.8 Å². The molecule has 0 amide bonds. The first-order chi connectivity index (χ1) is 4.54. The lowest BCUT2D eigenvalue weighted by molar-refractivity contribution is 0.373. The molecule has 0 aliphatic rings. The molecule has 0 heterocycles. The molecule has 5 heteroatoms. The van der Waals surface area contributed by atoms with Crippen LogP contribution in [0.25, 0.3) is 0 Å². The molecule has 0 aromatic heterocycles. The van der Waals surface area contributed by atoms with Crippen molar-refractivity contribution in [3.8, 4) is 0 Å². The van der Waals surface area contributed by atoms with E-state index >= 15 is 0 Å². The molecule has 0 saturated heterocycles. The van der Waals surface area contributed by atoms with Crippen molar-refractivity contribution in [2.45, 2.75) is 6.42 Å². The average molecular weight is 172 g/mol. The van der Waals surface area contributed by atoms with E-state index in [0.29, 0.717) is 0 Å². The molecule has 1 unspecified atom stereocenters. The van der Waals surface area contributed by atoms with Gasteiger partial charge in [-0.2, -0.15) is 8.78 Å². The summed E-state index contributed by atoms with van der Waals surface area (Å²) in [6, 6.07) is 0. The Bertz CT molecular complexity index is 162. The van der Waals surface area contributed by atoms with E-state index < -0.39 is 29.1 Å². The van der Waals surface area contributed by atoms with E-state index in [9.17, 15) is 17.4 Å². The number of hydrogen-bond donors (Lipinski definition) is 0. The number of allylic oxidation sites excluding steroid dienone is 1. The predicted octanol–water partition coefficient (Wildman–Crippen LogP) is 1.83. The van der Waals surface area contributed by atoms with Gasteiger partial charge in [-0.05, 0) is 0 Å². The summed E-state index contributed by atoms with van der Waals surface area (Å²) in [5.41, 5.74) is 0. The summed E-state index contributed by atoms with van der Waals surface area (Å²) in [4.78, 5) is 0. The third kappa shape index (κ3) is 4.55. The highest BCUT2D eigenvalue weighted by atomic mass is 32.2. The van der Waals surface area contributed by atoms with Gasteiger partial charge in [-0.1, -0.05) is 0 Å². The Balaban J connectivity index is 3.71. The zero-order chi connectivity index (χ0) is 8.15. The lowest BCUT2D eigenvalue weighted by atomic mass is 10.4. The van der Waals surface area contributed by atoms with E-state index in [2.05, 4.69) is 0 Å². The zero-order valence-electron chi connectivity index (χ0n) is 5.36. The van der Waals surface area contributed by atoms with Gasteiger partial charge in [-0.3, -0.25) is 4.21 Å². The van der Waals surface area contributed by atoms with Gasteiger partial charge < -0.3 is 0 Å². The monoisotopic (exact) mass is 172 g/mol. The zero-order valence-corrected chi connectivity index (χ0v) is 6.18. The highest BCUT2D eigenvalue weighted by molar-refractivity contribution is 7.84. The fraction of sp³-hybridized carbons (Fsp3) is 0.600. The van der Waals surface area contributed by atoms with Gasteiger partial charge >= 0.3 is 6.08 Å². The van der Waals surface area contributed by atoms with Crippen LogP contribution in [0.1, 0.15) is 6.42 Å². The summed E-state index contributed by atoms with van der Waals surface area (Å²) >= 11 is 0. The Morgan fingerprint density at radius 1 is 1.40 bits per heavy atom. The maximum Gasteiger partial charge on any atom is 0.301 e. The Hall–Kier alpha value is -0.320. The van der Waals surface area contributed by atoms with Gasteiger partial charge in [0.2, 0.25) is 0 Å². The molecule has 0 aliphatic heterocycles. The second-order valence-electron chi connectivity index (χ2n) is 1.69. The van der Waals surface area contributed by atoms with E-state index in [-0.39, 0.29) is 5.75 Å². The lowest BCUT2D eigenvalue weighted by Crippen LogP contribution is -1.94. The topological polar surface area (TPSA) is 17.1 Å². The average Bonchev–Trinajstić information content (AvgIpc) is 1.82. The maximum atomic E-state index is 11.9. The quantitative estimate of drug-likeness (QED) is 0.634. The Labute approximate surface area is 59.4 Å². The van der Waals surface area contributed by atoms with Crippen molar-refractivity contribution >= 4 is 10.8 Å². The second kappa shape index (κ2) is 4.49. The lowest BCUT2D eigenvalue weighted by Gasteiger charge is -1.91. The van der Waals surface area contributed by atoms with Crippen molar-refractivity contribution < 1.29 is 17.4 Å². The van der Waals surface area contributed by atoms with Crippen molar-refractivity contribution in [2.24, 2.45) is 0 Å². The van der Waals surface area contributed by atoms with Gasteiger partial charge in [0.1, 0.15) is 0 Å². The molecule has 0 bridgehead atoms. The molecule has 10 heavy (non-hydrogen) atoms. The summed E-state index contributed by atoms with van der Waals surface area (Å²) in [6.45, 7) is 0. The molecule has 60 valence electrons. The van der Waals surface area contributed by atoms with Gasteiger partial charge in [-0.15, -0.1) is 0 Å². The SMILES string of the molecule is CS(=O)CCC(F)=C(F)F. The molecular weight excluding hydrogens is 165 g/mol. The molecule has 1 nitrogen and oxygen atoms in total. The minimum Gasteiger partial charge on any atom is -0.260 e. The summed E-state index contributed by atoms with van der Waals surface area (Å²) < 4.78 is 44.7. The Morgan fingerprint density at radius 3 is 2.20 bits per heavy atom. The molecule has 1 atom stereocenters. The Kier molecular flexibility index (Phi) is 4.34. The first-order valence-corrected chi connectivity index (χ1v) is 4.26. The van der Waals surface area contributed by atoms with E-state index in [1.54, 1.807) is 0 Å². The second-order valence-corrected chi connectivity index (χ2v) is 3.25. The normalized spacial score (nSPS) is 12.8. The summed E-state index contributed by atoms with van der Waals surface area (Å²) in [6.07, 6.45) is -1.42. The van der Waals surface area contributed by atoms with Crippen LogP contribution in [0.3, 0.4) is 0 Å². The van der Waals surface area contributed by atoms with Crippen LogP contribution in [0.4, 0.5) is 13.2 Å². The van der Waals surface area contributed by atoms with Crippen LogP contribution >= 0.6 is 0 Å². The fourth-order valence-corrected chi connectivity index (χ4v) is 0.794. The van der Waals surface area contributed by atoms with Gasteiger partial charge in [0.25, 0.3) is 0 Å². The molecule has 0 aromatic rings. The van der Waals surface area contributed by atoms with Gasteiger partial charge in [0.15, 0.2) is 5.83 Å². The highest BCUT2D eigenvalue weighted by Gasteiger charge is 2.04. The minimum atomic E-state index is -2.31. The molecule has 0 aromatic carbocycles. The summed E-state index contributed by atoms with van der Waals surface area (Å²) in [5, 5.41) is 0. The van der Waals surface area contributed by atoms with Crippen LogP contribution in [0, 0.1) is 0 Å². The predicted molar refractivity (Wildman–Crippen MR) is 33.9 cm³/mol. The third-order valence-electron chi connectivity index (χ3n) is 0.814. The first kappa shape index (κ1) is 9.68. The van der Waals surface area contributed by atoms with E-state index in [1.807, 2.05) is 0 Å². The first-order valence-electron chi connectivity index (χ1n) is 2.53. The molecule has 0 aliphatic carbocycles. The summed E-state index contributed by atoms with van der Waals surface area (Å²) in [7, 11) is -1.21. The molecule has 0 saturated carbocycles. The standard InChI is InChI=1S/C5H7F3OS/c1-10(9)3-2-4(6)5(7)8/h2-3H2,1H3. The van der Waals surface area contributed by atoms with Crippen LogP contribution in [0.5, 0.6) is 0 Å². The fourth-order valence-electron chi connectivity index (χ4n) is 0.328. The van der Waals surface area contributed by atoms with Crippen molar-refractivity contribution in [2.75, 3.05) is 12.0 Å². The molecule has 0 radical (unpaired) electrons. The van der Waals surface area contributed by atoms with Crippen LogP contribution in [0.2, 0.25) is 0 Å². The van der Waals surface area contributed by atoms with Crippen molar-refractivity contribution in [1.82, 2.24) is 0 Å². The van der Waals surface area contributed by atoms with E-state index in [4.69, 9.17) is 0 Å². The largest absolute Gasteiger partial charge is 0.301 e. The number of halogens is 3. The van der Waals surface area contributed by atoms with Gasteiger partial charge in [0.05, 0.1) is 0 Å². The van der Waals surface area contributed by atoms with Gasteiger partial charge in [-0.25, -0.2) is 4.39 Å². The number of hydrogen-bond acceptors (Lipinski definition) is 1. The number of rotatable bonds is 3.